The van der Waals surface area contributed by atoms with Crippen molar-refractivity contribution in [1.82, 2.24) is 4.90 Å². The number of benzene rings is 2. The van der Waals surface area contributed by atoms with Crippen molar-refractivity contribution in [2.45, 2.75) is 6.54 Å². The van der Waals surface area contributed by atoms with Gasteiger partial charge in [0.25, 0.3) is 17.1 Å². The average molecular weight is 403 g/mol. The van der Waals surface area contributed by atoms with Gasteiger partial charge in [0.15, 0.2) is 6.61 Å². The van der Waals surface area contributed by atoms with Gasteiger partial charge in [-0.15, -0.1) is 0 Å². The highest BCUT2D eigenvalue weighted by Crippen LogP contribution is 2.35. The van der Waals surface area contributed by atoms with Crippen molar-refractivity contribution in [1.29, 1.82) is 0 Å². The summed E-state index contributed by atoms with van der Waals surface area (Å²) in [5.74, 6) is -0.598. The molecule has 8 heteroatoms. The summed E-state index contributed by atoms with van der Waals surface area (Å²) < 4.78 is 5.35. The van der Waals surface area contributed by atoms with Crippen LogP contribution in [-0.4, -0.2) is 28.6 Å². The lowest BCUT2D eigenvalue weighted by Gasteiger charge is -2.12. The van der Waals surface area contributed by atoms with Crippen molar-refractivity contribution in [3.05, 3.63) is 69.6 Å². The van der Waals surface area contributed by atoms with E-state index in [1.807, 2.05) is 0 Å². The number of imide groups is 1. The van der Waals surface area contributed by atoms with E-state index in [1.165, 1.54) is 0 Å². The van der Waals surface area contributed by atoms with Gasteiger partial charge in [-0.1, -0.05) is 41.9 Å². The molecule has 1 aliphatic heterocycles. The average Bonchev–Trinajstić information content (AvgIpc) is 2.88. The lowest BCUT2D eigenvalue weighted by Crippen LogP contribution is -2.27. The Balaban J connectivity index is 1.81. The van der Waals surface area contributed by atoms with Crippen LogP contribution in [0.5, 0.6) is 5.75 Å². The normalized spacial score (nSPS) is 15.4. The number of ether oxygens (including phenoxy) is 1. The first-order valence-electron chi connectivity index (χ1n) is 7.94. The molecule has 3 amide bonds. The molecule has 3 rings (SSSR count). The molecule has 0 aliphatic carbocycles. The largest absolute Gasteiger partial charge is 0.483 e. The van der Waals surface area contributed by atoms with Crippen LogP contribution in [-0.2, 0) is 16.1 Å². The molecule has 2 aromatic carbocycles. The van der Waals surface area contributed by atoms with Crippen molar-refractivity contribution < 1.29 is 19.1 Å². The van der Waals surface area contributed by atoms with Crippen LogP contribution in [0.1, 0.15) is 11.1 Å². The molecule has 27 heavy (non-hydrogen) atoms. The second-order valence-electron chi connectivity index (χ2n) is 5.69. The van der Waals surface area contributed by atoms with Gasteiger partial charge in [-0.05, 0) is 41.6 Å². The van der Waals surface area contributed by atoms with Crippen LogP contribution < -0.4 is 10.5 Å². The molecule has 1 aliphatic rings. The zero-order chi connectivity index (χ0) is 19.4. The van der Waals surface area contributed by atoms with E-state index in [1.54, 1.807) is 54.6 Å². The fourth-order valence-corrected chi connectivity index (χ4v) is 3.52. The molecule has 1 fully saturated rings. The molecule has 1 heterocycles. The lowest BCUT2D eigenvalue weighted by molar-refractivity contribution is -0.123. The number of nitrogens with zero attached hydrogens (tertiary/aromatic N) is 1. The molecule has 0 radical (unpaired) electrons. The standard InChI is InChI=1S/C19H15ClN2O4S/c20-14-6-3-4-12(8-14)10-22-18(24)16(27-19(22)25)9-13-5-1-2-7-15(13)26-11-17(21)23/h1-9H,10-11H2,(H2,21,23)/b16-9-. The van der Waals surface area contributed by atoms with Gasteiger partial charge in [-0.3, -0.25) is 19.3 Å². The third kappa shape index (κ3) is 4.69. The predicted octanol–water partition coefficient (Wildman–Crippen LogP) is 3.44. The molecule has 2 N–H and O–H groups in total. The third-order valence-electron chi connectivity index (χ3n) is 3.68. The summed E-state index contributed by atoms with van der Waals surface area (Å²) in [6, 6.07) is 13.9. The molecule has 138 valence electrons. The molecule has 6 nitrogen and oxygen atoms in total. The van der Waals surface area contributed by atoms with E-state index in [-0.39, 0.29) is 23.3 Å². The fraction of sp³-hybridized carbons (Fsp3) is 0.105. The number of rotatable bonds is 6. The SMILES string of the molecule is NC(=O)COc1ccccc1/C=C1\SC(=O)N(Cc2cccc(Cl)c2)C1=O. The Kier molecular flexibility index (Phi) is 5.83. The number of halogens is 1. The zero-order valence-electron chi connectivity index (χ0n) is 14.1. The summed E-state index contributed by atoms with van der Waals surface area (Å²) in [5.41, 5.74) is 6.43. The number of nitrogens with two attached hydrogens (primary N) is 1. The van der Waals surface area contributed by atoms with Gasteiger partial charge < -0.3 is 10.5 Å². The van der Waals surface area contributed by atoms with Crippen molar-refractivity contribution >= 4 is 46.5 Å². The van der Waals surface area contributed by atoms with Gasteiger partial charge in [-0.2, -0.15) is 0 Å². The second-order valence-corrected chi connectivity index (χ2v) is 7.12. The highest BCUT2D eigenvalue weighted by Gasteiger charge is 2.35. The van der Waals surface area contributed by atoms with Gasteiger partial charge >= 0.3 is 0 Å². The maximum absolute atomic E-state index is 12.7. The summed E-state index contributed by atoms with van der Waals surface area (Å²) >= 11 is 6.81. The van der Waals surface area contributed by atoms with Crippen LogP contribution in [0.2, 0.25) is 5.02 Å². The number of hydrogen-bond donors (Lipinski definition) is 1. The number of thioether (sulfide) groups is 1. The Morgan fingerprint density at radius 3 is 2.70 bits per heavy atom. The van der Waals surface area contributed by atoms with Gasteiger partial charge in [-0.25, -0.2) is 0 Å². The summed E-state index contributed by atoms with van der Waals surface area (Å²) in [6.45, 7) is -0.135. The summed E-state index contributed by atoms with van der Waals surface area (Å²) in [4.78, 5) is 37.3. The number of carbonyl (C=O) groups is 3. The number of primary amides is 1. The molecule has 0 spiro atoms. The van der Waals surface area contributed by atoms with E-state index in [2.05, 4.69) is 0 Å². The van der Waals surface area contributed by atoms with Gasteiger partial charge in [0, 0.05) is 10.6 Å². The predicted molar refractivity (Wildman–Crippen MR) is 104 cm³/mol. The van der Waals surface area contributed by atoms with Crippen LogP contribution in [0, 0.1) is 0 Å². The van der Waals surface area contributed by atoms with Crippen LogP contribution >= 0.6 is 23.4 Å². The molecule has 2 aromatic rings. The minimum absolute atomic E-state index is 0.141. The lowest BCUT2D eigenvalue weighted by atomic mass is 10.1. The van der Waals surface area contributed by atoms with E-state index < -0.39 is 11.8 Å². The molecular formula is C19H15ClN2O4S. The smallest absolute Gasteiger partial charge is 0.293 e. The second kappa shape index (κ2) is 8.28. The number of para-hydroxylation sites is 1. The van der Waals surface area contributed by atoms with E-state index >= 15 is 0 Å². The van der Waals surface area contributed by atoms with Gasteiger partial charge in [0.1, 0.15) is 5.75 Å². The van der Waals surface area contributed by atoms with Crippen LogP contribution in [0.15, 0.2) is 53.4 Å². The Hall–Kier alpha value is -2.77. The number of amides is 3. The maximum Gasteiger partial charge on any atom is 0.293 e. The van der Waals surface area contributed by atoms with E-state index in [9.17, 15) is 14.4 Å². The minimum Gasteiger partial charge on any atom is -0.483 e. The Morgan fingerprint density at radius 1 is 1.19 bits per heavy atom. The first kappa shape index (κ1) is 19.0. The zero-order valence-corrected chi connectivity index (χ0v) is 15.6. The van der Waals surface area contributed by atoms with Crippen molar-refractivity contribution in [2.24, 2.45) is 5.73 Å². The molecule has 0 atom stereocenters. The Labute approximate surface area is 164 Å². The van der Waals surface area contributed by atoms with Crippen molar-refractivity contribution in [3.8, 4) is 5.75 Å². The maximum atomic E-state index is 12.7. The Bertz CT molecular complexity index is 945. The minimum atomic E-state index is -0.605. The monoisotopic (exact) mass is 402 g/mol. The first-order valence-corrected chi connectivity index (χ1v) is 9.13. The summed E-state index contributed by atoms with van der Waals surface area (Å²) in [5, 5.41) is 0.178. The van der Waals surface area contributed by atoms with E-state index in [4.69, 9.17) is 22.1 Å². The summed E-state index contributed by atoms with van der Waals surface area (Å²) in [6.07, 6.45) is 1.57. The van der Waals surface area contributed by atoms with Crippen LogP contribution in [0.25, 0.3) is 6.08 Å². The molecule has 1 saturated heterocycles. The van der Waals surface area contributed by atoms with Crippen molar-refractivity contribution in [3.63, 3.8) is 0 Å². The fourth-order valence-electron chi connectivity index (χ4n) is 2.48. The molecule has 0 saturated carbocycles. The highest BCUT2D eigenvalue weighted by molar-refractivity contribution is 8.18. The third-order valence-corrected chi connectivity index (χ3v) is 4.82. The number of carbonyl (C=O) groups excluding carboxylic acids is 3. The molecule has 0 unspecified atom stereocenters. The first-order chi connectivity index (χ1) is 12.9. The quantitative estimate of drug-likeness (QED) is 0.747. The molecular weight excluding hydrogens is 388 g/mol. The van der Waals surface area contributed by atoms with E-state index in [0.29, 0.717) is 16.3 Å². The van der Waals surface area contributed by atoms with Gasteiger partial charge in [0.05, 0.1) is 11.4 Å². The van der Waals surface area contributed by atoms with Crippen molar-refractivity contribution in [2.75, 3.05) is 6.61 Å². The van der Waals surface area contributed by atoms with Crippen LogP contribution in [0.3, 0.4) is 0 Å². The highest BCUT2D eigenvalue weighted by atomic mass is 35.5. The van der Waals surface area contributed by atoms with Gasteiger partial charge in [0.2, 0.25) is 0 Å². The van der Waals surface area contributed by atoms with Crippen LogP contribution in [0.4, 0.5) is 4.79 Å². The number of hydrogen-bond acceptors (Lipinski definition) is 5. The molecule has 0 bridgehead atoms. The molecule has 0 aromatic heterocycles. The van der Waals surface area contributed by atoms with E-state index in [0.717, 1.165) is 22.2 Å². The Morgan fingerprint density at radius 2 is 1.96 bits per heavy atom. The topological polar surface area (TPSA) is 89.7 Å². The summed E-state index contributed by atoms with van der Waals surface area (Å²) in [7, 11) is 0.